The van der Waals surface area contributed by atoms with E-state index in [1.165, 1.54) is 17.4 Å². The molecule has 0 aliphatic carbocycles. The summed E-state index contributed by atoms with van der Waals surface area (Å²) in [7, 11) is 0. The van der Waals surface area contributed by atoms with E-state index in [4.69, 9.17) is 11.6 Å². The van der Waals surface area contributed by atoms with Crippen molar-refractivity contribution in [3.8, 4) is 0 Å². The zero-order valence-corrected chi connectivity index (χ0v) is 13.9. The molecular weight excluding hydrogens is 355 g/mol. The summed E-state index contributed by atoms with van der Waals surface area (Å²) < 4.78 is 14.2. The fourth-order valence-electron chi connectivity index (χ4n) is 2.24. The minimum atomic E-state index is -0.964. The van der Waals surface area contributed by atoms with Gasteiger partial charge in [0.1, 0.15) is 4.88 Å². The number of anilines is 1. The molecule has 1 N–H and O–H groups in total. The van der Waals surface area contributed by atoms with Crippen LogP contribution in [0.25, 0.3) is 10.1 Å². The van der Waals surface area contributed by atoms with Crippen molar-refractivity contribution in [2.45, 2.75) is 6.92 Å². The van der Waals surface area contributed by atoms with Gasteiger partial charge in [-0.05, 0) is 30.7 Å². The number of nitro groups is 1. The van der Waals surface area contributed by atoms with Gasteiger partial charge in [0.15, 0.2) is 0 Å². The topological polar surface area (TPSA) is 72.2 Å². The lowest BCUT2D eigenvalue weighted by Crippen LogP contribution is -2.11. The lowest BCUT2D eigenvalue weighted by molar-refractivity contribution is -0.387. The fourth-order valence-corrected chi connectivity index (χ4v) is 3.75. The first-order valence-corrected chi connectivity index (χ1v) is 8.00. The highest BCUT2D eigenvalue weighted by Crippen LogP contribution is 2.36. The van der Waals surface area contributed by atoms with Gasteiger partial charge in [-0.25, -0.2) is 0 Å². The Balaban J connectivity index is 1.94. The maximum Gasteiger partial charge on any atom is 0.306 e. The molecule has 1 heterocycles. The molecule has 0 unspecified atom stereocenters. The molecule has 0 radical (unpaired) electrons. The molecule has 3 rings (SSSR count). The van der Waals surface area contributed by atoms with Gasteiger partial charge in [0.25, 0.3) is 5.91 Å². The van der Waals surface area contributed by atoms with Crippen molar-refractivity contribution in [2.24, 2.45) is 0 Å². The molecule has 0 aliphatic heterocycles. The number of carbonyl (C=O) groups excluding carboxylic acids is 1. The van der Waals surface area contributed by atoms with Gasteiger partial charge >= 0.3 is 5.69 Å². The largest absolute Gasteiger partial charge is 0.321 e. The summed E-state index contributed by atoms with van der Waals surface area (Å²) in [6.45, 7) is 1.93. The zero-order valence-electron chi connectivity index (χ0n) is 12.3. The van der Waals surface area contributed by atoms with Gasteiger partial charge in [-0.15, -0.1) is 11.3 Å². The molecule has 1 aromatic heterocycles. The molecule has 0 saturated heterocycles. The molecule has 0 atom stereocenters. The van der Waals surface area contributed by atoms with Crippen LogP contribution in [0.2, 0.25) is 5.02 Å². The van der Waals surface area contributed by atoms with Crippen LogP contribution in [-0.4, -0.2) is 10.8 Å². The number of rotatable bonds is 3. The maximum absolute atomic E-state index is 13.3. The van der Waals surface area contributed by atoms with E-state index in [0.717, 1.165) is 27.8 Å². The van der Waals surface area contributed by atoms with Crippen LogP contribution in [-0.2, 0) is 0 Å². The van der Waals surface area contributed by atoms with Crippen LogP contribution >= 0.6 is 22.9 Å². The van der Waals surface area contributed by atoms with Crippen molar-refractivity contribution in [2.75, 3.05) is 5.32 Å². The predicted octanol–water partition coefficient (Wildman–Crippen LogP) is 5.16. The molecule has 3 aromatic rings. The summed E-state index contributed by atoms with van der Waals surface area (Å²) in [5, 5.41) is 14.4. The Labute approximate surface area is 144 Å². The number of fused-ring (bicyclic) bond motifs is 1. The molecule has 0 fully saturated rings. The number of halogens is 2. The van der Waals surface area contributed by atoms with Gasteiger partial charge in [-0.3, -0.25) is 14.9 Å². The number of aryl methyl sites for hydroxylation is 1. The summed E-state index contributed by atoms with van der Waals surface area (Å²) >= 11 is 7.49. The number of hydrogen-bond donors (Lipinski definition) is 1. The van der Waals surface area contributed by atoms with Gasteiger partial charge in [0.2, 0.25) is 5.82 Å². The smallest absolute Gasteiger partial charge is 0.306 e. The Morgan fingerprint density at radius 3 is 2.75 bits per heavy atom. The zero-order chi connectivity index (χ0) is 17.4. The maximum atomic E-state index is 13.3. The summed E-state index contributed by atoms with van der Waals surface area (Å²) in [4.78, 5) is 22.6. The number of carbonyl (C=O) groups is 1. The lowest BCUT2D eigenvalue weighted by Gasteiger charge is -2.04. The first-order chi connectivity index (χ1) is 11.4. The molecule has 0 saturated carbocycles. The molecular formula is C16H10ClFN2O3S. The van der Waals surface area contributed by atoms with Crippen LogP contribution in [0.3, 0.4) is 0 Å². The Bertz CT molecular complexity index is 987. The van der Waals surface area contributed by atoms with E-state index < -0.39 is 22.3 Å². The molecule has 0 aliphatic rings. The standard InChI is InChI=1S/C16H10ClFN2O3S/c1-8-2-4-10-13(6-8)24-15(14(10)17)16(21)19-9-3-5-11(18)12(7-9)20(22)23/h2-7H,1H3,(H,19,21). The SMILES string of the molecule is Cc1ccc2c(Cl)c(C(=O)Nc3ccc(F)c([N+](=O)[O-])c3)sc2c1. The Kier molecular flexibility index (Phi) is 4.21. The van der Waals surface area contributed by atoms with E-state index in [1.54, 1.807) is 0 Å². The van der Waals surface area contributed by atoms with Crippen molar-refractivity contribution in [1.29, 1.82) is 0 Å². The summed E-state index contributed by atoms with van der Waals surface area (Å²) in [6.07, 6.45) is 0. The van der Waals surface area contributed by atoms with E-state index in [1.807, 2.05) is 25.1 Å². The lowest BCUT2D eigenvalue weighted by atomic mass is 10.2. The third kappa shape index (κ3) is 2.95. The number of nitrogens with zero attached hydrogens (tertiary/aromatic N) is 1. The van der Waals surface area contributed by atoms with Crippen LogP contribution < -0.4 is 5.32 Å². The second-order valence-corrected chi connectivity index (χ2v) is 6.55. The van der Waals surface area contributed by atoms with E-state index in [0.29, 0.717) is 9.90 Å². The highest BCUT2D eigenvalue weighted by molar-refractivity contribution is 7.21. The van der Waals surface area contributed by atoms with Crippen molar-refractivity contribution >= 4 is 50.3 Å². The number of thiophene rings is 1. The molecule has 8 heteroatoms. The van der Waals surface area contributed by atoms with Crippen LogP contribution in [0.5, 0.6) is 0 Å². The van der Waals surface area contributed by atoms with Crippen molar-refractivity contribution in [3.05, 3.63) is 67.8 Å². The normalized spacial score (nSPS) is 10.8. The molecule has 2 aromatic carbocycles. The second kappa shape index (κ2) is 6.18. The molecule has 1 amide bonds. The molecule has 0 spiro atoms. The van der Waals surface area contributed by atoms with Gasteiger partial charge in [0.05, 0.1) is 9.95 Å². The molecule has 5 nitrogen and oxygen atoms in total. The number of hydrogen-bond acceptors (Lipinski definition) is 4. The van der Waals surface area contributed by atoms with Gasteiger partial charge in [0, 0.05) is 21.8 Å². The van der Waals surface area contributed by atoms with Crippen molar-refractivity contribution < 1.29 is 14.1 Å². The highest BCUT2D eigenvalue weighted by Gasteiger charge is 2.19. The number of nitro benzene ring substituents is 1. The third-order valence-electron chi connectivity index (χ3n) is 3.39. The summed E-state index contributed by atoms with van der Waals surface area (Å²) in [5.74, 6) is -1.46. The van der Waals surface area contributed by atoms with Crippen molar-refractivity contribution in [3.63, 3.8) is 0 Å². The Morgan fingerprint density at radius 2 is 2.04 bits per heavy atom. The van der Waals surface area contributed by atoms with Crippen LogP contribution in [0, 0.1) is 22.9 Å². The first-order valence-electron chi connectivity index (χ1n) is 6.81. The number of nitrogens with one attached hydrogen (secondary N) is 1. The first kappa shape index (κ1) is 16.4. The summed E-state index contributed by atoms with van der Waals surface area (Å²) in [5.41, 5.74) is 0.463. The van der Waals surface area contributed by atoms with Crippen LogP contribution in [0.1, 0.15) is 15.2 Å². The van der Waals surface area contributed by atoms with Crippen molar-refractivity contribution in [1.82, 2.24) is 0 Å². The predicted molar refractivity (Wildman–Crippen MR) is 92.6 cm³/mol. The average Bonchev–Trinajstić information content (AvgIpc) is 2.85. The second-order valence-electron chi connectivity index (χ2n) is 5.12. The Morgan fingerprint density at radius 1 is 1.29 bits per heavy atom. The minimum absolute atomic E-state index is 0.123. The highest BCUT2D eigenvalue weighted by atomic mass is 35.5. The van der Waals surface area contributed by atoms with Crippen LogP contribution in [0.4, 0.5) is 15.8 Å². The quantitative estimate of drug-likeness (QED) is 0.515. The molecule has 24 heavy (non-hydrogen) atoms. The molecule has 0 bridgehead atoms. The minimum Gasteiger partial charge on any atom is -0.321 e. The van der Waals surface area contributed by atoms with Gasteiger partial charge in [-0.2, -0.15) is 4.39 Å². The summed E-state index contributed by atoms with van der Waals surface area (Å²) in [6, 6.07) is 8.81. The molecule has 122 valence electrons. The van der Waals surface area contributed by atoms with E-state index >= 15 is 0 Å². The fraction of sp³-hybridized carbons (Fsp3) is 0.0625. The van der Waals surface area contributed by atoms with Gasteiger partial charge < -0.3 is 5.32 Å². The number of amides is 1. The average molecular weight is 365 g/mol. The third-order valence-corrected chi connectivity index (χ3v) is 5.05. The van der Waals surface area contributed by atoms with Crippen LogP contribution in [0.15, 0.2) is 36.4 Å². The van der Waals surface area contributed by atoms with Gasteiger partial charge in [-0.1, -0.05) is 23.7 Å². The van der Waals surface area contributed by atoms with E-state index in [2.05, 4.69) is 5.32 Å². The van der Waals surface area contributed by atoms with E-state index in [9.17, 15) is 19.3 Å². The number of benzene rings is 2. The van der Waals surface area contributed by atoms with E-state index in [-0.39, 0.29) is 5.69 Å². The monoisotopic (exact) mass is 364 g/mol. The Hall–Kier alpha value is -2.51.